The summed E-state index contributed by atoms with van der Waals surface area (Å²) in [7, 11) is 0. The Balaban J connectivity index is 2.00. The number of amides is 1. The maximum absolute atomic E-state index is 12.0. The van der Waals surface area contributed by atoms with Crippen molar-refractivity contribution in [1.29, 1.82) is 0 Å². The Morgan fingerprint density at radius 3 is 2.55 bits per heavy atom. The van der Waals surface area contributed by atoms with Gasteiger partial charge in [0.05, 0.1) is 6.26 Å². The average Bonchev–Trinajstić information content (AvgIpc) is 3.09. The maximum atomic E-state index is 12.0. The molecule has 2 aromatic heterocycles. The highest BCUT2D eigenvalue weighted by Crippen LogP contribution is 2.29. The summed E-state index contributed by atoms with van der Waals surface area (Å²) in [6.45, 7) is 0. The van der Waals surface area contributed by atoms with Crippen molar-refractivity contribution in [2.45, 2.75) is 9.96 Å². The Kier molecular flexibility index (Phi) is 5.46. The minimum Gasteiger partial charge on any atom is -0.459 e. The third-order valence-corrected chi connectivity index (χ3v) is 3.14. The molecule has 0 aliphatic rings. The zero-order valence-corrected chi connectivity index (χ0v) is 13.7. The smallest absolute Gasteiger partial charge is 0.288 e. The van der Waals surface area contributed by atoms with E-state index in [0.29, 0.717) is 0 Å². The molecule has 2 heterocycles. The van der Waals surface area contributed by atoms with Gasteiger partial charge < -0.3 is 15.1 Å². The van der Waals surface area contributed by atoms with Gasteiger partial charge in [0, 0.05) is 0 Å². The second-order valence-corrected chi connectivity index (χ2v) is 6.66. The van der Waals surface area contributed by atoms with E-state index in [9.17, 15) is 4.79 Å². The lowest BCUT2D eigenvalue weighted by atomic mass is 10.4. The van der Waals surface area contributed by atoms with E-state index in [2.05, 4.69) is 26.3 Å². The highest BCUT2D eigenvalue weighted by atomic mass is 35.6. The topological polar surface area (TPSA) is 97.0 Å². The molecule has 118 valence electrons. The largest absolute Gasteiger partial charge is 0.459 e. The second-order valence-electron chi connectivity index (χ2n) is 3.88. The summed E-state index contributed by atoms with van der Waals surface area (Å²) in [6.07, 6.45) is 3.00. The minimum absolute atomic E-state index is 0.0683. The number of hydrogen-bond acceptors (Lipinski definition) is 5. The molecule has 2 rings (SSSR count). The van der Waals surface area contributed by atoms with Crippen LogP contribution in [0, 0.1) is 0 Å². The Hall–Kier alpha value is -1.55. The van der Waals surface area contributed by atoms with Gasteiger partial charge in [0.25, 0.3) is 5.91 Å². The third-order valence-electron chi connectivity index (χ3n) is 2.27. The number of carbonyl (C=O) groups is 1. The van der Waals surface area contributed by atoms with E-state index in [1.54, 1.807) is 6.07 Å². The molecule has 0 bridgehead atoms. The summed E-state index contributed by atoms with van der Waals surface area (Å²) in [5.74, 6) is -0.500. The van der Waals surface area contributed by atoms with Gasteiger partial charge in [-0.2, -0.15) is 0 Å². The average molecular weight is 384 g/mol. The first-order chi connectivity index (χ1) is 10.4. The molecule has 0 saturated carbocycles. The zero-order chi connectivity index (χ0) is 16.2. The number of nitrogens with one attached hydrogen (secondary N) is 3. The molecule has 1 amide bonds. The molecule has 22 heavy (non-hydrogen) atoms. The summed E-state index contributed by atoms with van der Waals surface area (Å²) < 4.78 is 4.48. The van der Waals surface area contributed by atoms with Crippen molar-refractivity contribution >= 4 is 58.0 Å². The first kappa shape index (κ1) is 16.8. The number of hydrogen-bond donors (Lipinski definition) is 3. The van der Waals surface area contributed by atoms with Gasteiger partial charge in [-0.3, -0.25) is 10.2 Å². The summed E-state index contributed by atoms with van der Waals surface area (Å²) in [5.41, 5.74) is 2.69. The lowest BCUT2D eigenvalue weighted by Crippen LogP contribution is -2.56. The van der Waals surface area contributed by atoms with Crippen molar-refractivity contribution in [3.05, 3.63) is 36.8 Å². The molecule has 0 unspecified atom stereocenters. The quantitative estimate of drug-likeness (QED) is 0.417. The molecule has 3 N–H and O–H groups in total. The molecule has 1 atom stereocenters. The fourth-order valence-electron chi connectivity index (χ4n) is 1.35. The third kappa shape index (κ3) is 4.73. The molecule has 2 aromatic rings. The van der Waals surface area contributed by atoms with Gasteiger partial charge in [-0.15, -0.1) is 10.2 Å². The lowest BCUT2D eigenvalue weighted by Gasteiger charge is -2.27. The molecule has 8 nitrogen and oxygen atoms in total. The van der Waals surface area contributed by atoms with Crippen LogP contribution in [0.2, 0.25) is 0 Å². The van der Waals surface area contributed by atoms with Gasteiger partial charge in [-0.05, 0) is 24.4 Å². The number of aromatic nitrogens is 3. The Labute approximate surface area is 145 Å². The first-order valence-electron chi connectivity index (χ1n) is 5.69. The molecule has 0 aromatic carbocycles. The van der Waals surface area contributed by atoms with E-state index < -0.39 is 15.9 Å². The highest BCUT2D eigenvalue weighted by Gasteiger charge is 2.35. The van der Waals surface area contributed by atoms with Crippen molar-refractivity contribution in [1.82, 2.24) is 25.5 Å². The van der Waals surface area contributed by atoms with Crippen LogP contribution in [-0.4, -0.2) is 35.9 Å². The van der Waals surface area contributed by atoms with Crippen LogP contribution in [0.15, 0.2) is 35.5 Å². The second kappa shape index (κ2) is 7.14. The Morgan fingerprint density at radius 2 is 2.00 bits per heavy atom. The van der Waals surface area contributed by atoms with Crippen molar-refractivity contribution in [3.63, 3.8) is 0 Å². The number of nitrogens with zero attached hydrogens (tertiary/aromatic N) is 3. The molecule has 0 fully saturated rings. The first-order valence-corrected chi connectivity index (χ1v) is 7.23. The summed E-state index contributed by atoms with van der Waals surface area (Å²) in [6, 6.07) is 3.03. The fourth-order valence-corrected chi connectivity index (χ4v) is 1.90. The van der Waals surface area contributed by atoms with E-state index in [0.717, 1.165) is 0 Å². The van der Waals surface area contributed by atoms with Gasteiger partial charge in [0.15, 0.2) is 10.9 Å². The molecule has 0 saturated heterocycles. The number of rotatable bonds is 4. The summed E-state index contributed by atoms with van der Waals surface area (Å²) >= 11 is 22.6. The van der Waals surface area contributed by atoms with E-state index in [-0.39, 0.29) is 10.9 Å². The van der Waals surface area contributed by atoms with Gasteiger partial charge >= 0.3 is 0 Å². The number of alkyl halides is 3. The lowest BCUT2D eigenvalue weighted by molar-refractivity contribution is 0.0906. The van der Waals surface area contributed by atoms with E-state index >= 15 is 0 Å². The van der Waals surface area contributed by atoms with Gasteiger partial charge in [0.2, 0.25) is 3.79 Å². The summed E-state index contributed by atoms with van der Waals surface area (Å²) in [5, 5.41) is 12.4. The van der Waals surface area contributed by atoms with Crippen LogP contribution in [0.3, 0.4) is 0 Å². The van der Waals surface area contributed by atoms with Crippen molar-refractivity contribution in [2.75, 3.05) is 5.43 Å². The SMILES string of the molecule is O=C(N[C@H](NC(=S)Nn1cnnc1)C(Cl)(Cl)Cl)c1ccco1. The maximum Gasteiger partial charge on any atom is 0.288 e. The summed E-state index contributed by atoms with van der Waals surface area (Å²) in [4.78, 5) is 12.0. The minimum atomic E-state index is -1.86. The number of thiocarbonyl (C=S) groups is 1. The highest BCUT2D eigenvalue weighted by molar-refractivity contribution is 7.80. The number of halogens is 3. The van der Waals surface area contributed by atoms with E-state index in [1.807, 2.05) is 0 Å². The number of furan rings is 1. The predicted octanol–water partition coefficient (Wildman–Crippen LogP) is 1.42. The van der Waals surface area contributed by atoms with Crippen molar-refractivity contribution in [3.8, 4) is 0 Å². The van der Waals surface area contributed by atoms with Crippen LogP contribution < -0.4 is 16.1 Å². The zero-order valence-electron chi connectivity index (χ0n) is 10.7. The van der Waals surface area contributed by atoms with Crippen molar-refractivity contribution < 1.29 is 9.21 Å². The van der Waals surface area contributed by atoms with Gasteiger partial charge in [-0.25, -0.2) is 4.68 Å². The number of carbonyl (C=O) groups excluding carboxylic acids is 1. The van der Waals surface area contributed by atoms with Crippen molar-refractivity contribution in [2.24, 2.45) is 0 Å². The van der Waals surface area contributed by atoms with E-state index in [1.165, 1.54) is 29.7 Å². The van der Waals surface area contributed by atoms with Crippen LogP contribution in [0.1, 0.15) is 10.6 Å². The Morgan fingerprint density at radius 1 is 1.32 bits per heavy atom. The standard InChI is InChI=1S/C10H9Cl3N6O2S/c11-10(12,13)8(16-7(20)6-2-1-3-21-6)17-9(22)18-19-4-14-15-5-19/h1-5,8H,(H,16,20)(H2,17,18,22)/t8-/m1/s1. The molecular weight excluding hydrogens is 375 g/mol. The van der Waals surface area contributed by atoms with Crippen LogP contribution >= 0.6 is 47.0 Å². The predicted molar refractivity (Wildman–Crippen MR) is 85.4 cm³/mol. The monoisotopic (exact) mass is 382 g/mol. The van der Waals surface area contributed by atoms with Crippen LogP contribution in [0.5, 0.6) is 0 Å². The molecule has 0 aliphatic carbocycles. The molecular formula is C10H9Cl3N6O2S. The van der Waals surface area contributed by atoms with Gasteiger partial charge in [0.1, 0.15) is 18.8 Å². The van der Waals surface area contributed by atoms with Gasteiger partial charge in [-0.1, -0.05) is 34.8 Å². The normalized spacial score (nSPS) is 12.5. The molecule has 0 spiro atoms. The molecule has 0 radical (unpaired) electrons. The molecule has 0 aliphatic heterocycles. The fraction of sp³-hybridized carbons (Fsp3) is 0.200. The van der Waals surface area contributed by atoms with E-state index in [4.69, 9.17) is 51.4 Å². The molecule has 12 heteroatoms. The Bertz CT molecular complexity index is 628. The van der Waals surface area contributed by atoms with Crippen LogP contribution in [-0.2, 0) is 0 Å². The van der Waals surface area contributed by atoms with Crippen LogP contribution in [0.25, 0.3) is 0 Å². The van der Waals surface area contributed by atoms with Crippen LogP contribution in [0.4, 0.5) is 0 Å².